The van der Waals surface area contributed by atoms with Gasteiger partial charge in [-0.3, -0.25) is 4.79 Å². The molecule has 0 N–H and O–H groups in total. The van der Waals surface area contributed by atoms with Crippen molar-refractivity contribution < 1.29 is 36.2 Å². The molecule has 0 aromatic rings. The minimum absolute atomic E-state index is 0.261. The Hall–Kier alpha value is -0.920. The van der Waals surface area contributed by atoms with E-state index in [9.17, 15) is 26.7 Å². The zero-order chi connectivity index (χ0) is 16.9. The zero-order valence-corrected chi connectivity index (χ0v) is 12.5. The third-order valence-corrected chi connectivity index (χ3v) is 4.19. The van der Waals surface area contributed by atoms with E-state index in [0.29, 0.717) is 6.42 Å². The number of carbonyl (C=O) groups excluding carboxylic acids is 1. The maximum Gasteiger partial charge on any atom is 0.423 e. The van der Waals surface area contributed by atoms with Gasteiger partial charge in [0.25, 0.3) is 0 Å². The Balaban J connectivity index is 3.13. The Bertz CT molecular complexity index is 432. The second-order valence-electron chi connectivity index (χ2n) is 6.25. The summed E-state index contributed by atoms with van der Waals surface area (Å²) in [5.74, 6) is -5.39. The molecule has 8 heteroatoms. The Morgan fingerprint density at radius 1 is 1.24 bits per heavy atom. The van der Waals surface area contributed by atoms with Crippen LogP contribution in [0.15, 0.2) is 0 Å². The number of rotatable bonds is 3. The van der Waals surface area contributed by atoms with Gasteiger partial charge in [0.1, 0.15) is 0 Å². The molecule has 1 rings (SSSR count). The van der Waals surface area contributed by atoms with E-state index in [0.717, 1.165) is 6.92 Å². The monoisotopic (exact) mass is 318 g/mol. The van der Waals surface area contributed by atoms with E-state index < -0.39 is 41.3 Å². The topological polar surface area (TPSA) is 35.5 Å². The highest BCUT2D eigenvalue weighted by Gasteiger charge is 2.80. The van der Waals surface area contributed by atoms with Crippen molar-refractivity contribution in [2.24, 2.45) is 5.41 Å². The molecule has 0 aliphatic carbocycles. The third kappa shape index (κ3) is 2.51. The van der Waals surface area contributed by atoms with Crippen LogP contribution < -0.4 is 0 Å². The first-order chi connectivity index (χ1) is 9.15. The molecular weight excluding hydrogens is 299 g/mol. The smallest absolute Gasteiger partial charge is 0.423 e. The summed E-state index contributed by atoms with van der Waals surface area (Å²) in [4.78, 5) is 11.9. The molecule has 1 fully saturated rings. The second kappa shape index (κ2) is 4.79. The molecule has 21 heavy (non-hydrogen) atoms. The van der Waals surface area contributed by atoms with Crippen molar-refractivity contribution in [1.82, 2.24) is 0 Å². The number of carbonyl (C=O) groups is 1. The molecule has 0 spiro atoms. The summed E-state index contributed by atoms with van der Waals surface area (Å²) in [7, 11) is 0. The lowest BCUT2D eigenvalue weighted by Crippen LogP contribution is -2.62. The number of ether oxygens (including phenoxy) is 2. The van der Waals surface area contributed by atoms with Crippen LogP contribution in [0.5, 0.6) is 0 Å². The van der Waals surface area contributed by atoms with Crippen LogP contribution >= 0.6 is 0 Å². The van der Waals surface area contributed by atoms with Gasteiger partial charge in [0.15, 0.2) is 5.60 Å². The van der Waals surface area contributed by atoms with E-state index in [2.05, 4.69) is 4.74 Å². The average molecular weight is 318 g/mol. The van der Waals surface area contributed by atoms with Crippen molar-refractivity contribution >= 4 is 5.97 Å². The molecular formula is C13H19F5O3. The number of alkyl halides is 5. The van der Waals surface area contributed by atoms with Crippen LogP contribution in [0.1, 0.15) is 41.0 Å². The van der Waals surface area contributed by atoms with Gasteiger partial charge in [-0.25, -0.2) is 0 Å². The van der Waals surface area contributed by atoms with Crippen LogP contribution in [0.2, 0.25) is 0 Å². The fourth-order valence-corrected chi connectivity index (χ4v) is 1.81. The van der Waals surface area contributed by atoms with Gasteiger partial charge in [0, 0.05) is 0 Å². The van der Waals surface area contributed by atoms with Crippen LogP contribution in [-0.2, 0) is 14.3 Å². The van der Waals surface area contributed by atoms with E-state index >= 15 is 0 Å². The standard InChI is InChI=1S/C13H19F5O3/c1-6-9(2,3)8(19)21-10(4)7-20-11(5,12(10,14)15)13(16,17)18/h6-7H2,1-5H3. The van der Waals surface area contributed by atoms with E-state index in [1.807, 2.05) is 0 Å². The molecule has 124 valence electrons. The quantitative estimate of drug-likeness (QED) is 0.588. The molecule has 3 nitrogen and oxygen atoms in total. The predicted molar refractivity (Wildman–Crippen MR) is 63.9 cm³/mol. The molecule has 0 bridgehead atoms. The fraction of sp³-hybridized carbons (Fsp3) is 0.923. The van der Waals surface area contributed by atoms with Crippen molar-refractivity contribution in [3.05, 3.63) is 0 Å². The molecule has 1 aliphatic heterocycles. The van der Waals surface area contributed by atoms with Gasteiger partial charge >= 0.3 is 18.1 Å². The number of hydrogen-bond donors (Lipinski definition) is 0. The van der Waals surface area contributed by atoms with Gasteiger partial charge in [0.05, 0.1) is 12.0 Å². The summed E-state index contributed by atoms with van der Waals surface area (Å²) < 4.78 is 76.2. The van der Waals surface area contributed by atoms with Gasteiger partial charge in [-0.1, -0.05) is 6.92 Å². The molecule has 2 atom stereocenters. The Morgan fingerprint density at radius 2 is 1.71 bits per heavy atom. The van der Waals surface area contributed by atoms with Crippen molar-refractivity contribution in [1.29, 1.82) is 0 Å². The van der Waals surface area contributed by atoms with Crippen molar-refractivity contribution in [2.45, 2.75) is 64.3 Å². The Morgan fingerprint density at radius 3 is 2.05 bits per heavy atom. The first-order valence-electron chi connectivity index (χ1n) is 6.46. The minimum Gasteiger partial charge on any atom is -0.450 e. The molecule has 0 radical (unpaired) electrons. The molecule has 0 aromatic carbocycles. The first kappa shape index (κ1) is 18.1. The molecule has 1 aliphatic rings. The third-order valence-electron chi connectivity index (χ3n) is 4.19. The fourth-order valence-electron chi connectivity index (χ4n) is 1.81. The first-order valence-corrected chi connectivity index (χ1v) is 6.46. The largest absolute Gasteiger partial charge is 0.450 e. The lowest BCUT2D eigenvalue weighted by Gasteiger charge is -2.38. The van der Waals surface area contributed by atoms with Crippen LogP contribution in [0.25, 0.3) is 0 Å². The molecule has 1 saturated heterocycles. The number of halogens is 5. The van der Waals surface area contributed by atoms with Crippen LogP contribution in [0, 0.1) is 5.41 Å². The summed E-state index contributed by atoms with van der Waals surface area (Å²) in [6.07, 6.45) is -4.99. The van der Waals surface area contributed by atoms with Gasteiger partial charge in [0.2, 0.25) is 5.60 Å². The van der Waals surface area contributed by atoms with Gasteiger partial charge < -0.3 is 9.47 Å². The van der Waals surface area contributed by atoms with Gasteiger partial charge in [-0.2, -0.15) is 22.0 Å². The predicted octanol–water partition coefficient (Wildman–Crippen LogP) is 3.71. The number of esters is 1. The van der Waals surface area contributed by atoms with E-state index in [1.165, 1.54) is 13.8 Å². The maximum absolute atomic E-state index is 14.3. The van der Waals surface area contributed by atoms with E-state index in [4.69, 9.17) is 4.74 Å². The van der Waals surface area contributed by atoms with Crippen molar-refractivity contribution in [3.63, 3.8) is 0 Å². The zero-order valence-electron chi connectivity index (χ0n) is 12.5. The summed E-state index contributed by atoms with van der Waals surface area (Å²) in [5, 5.41) is 0. The van der Waals surface area contributed by atoms with Gasteiger partial charge in [-0.15, -0.1) is 0 Å². The Kier molecular flexibility index (Phi) is 4.14. The SMILES string of the molecule is CCC(C)(C)C(=O)OC1(C)COC(C)(C(F)(F)F)C1(F)F. The normalized spacial score (nSPS) is 33.0. The maximum atomic E-state index is 14.3. The highest BCUT2D eigenvalue weighted by Crippen LogP contribution is 2.55. The molecule has 2 unspecified atom stereocenters. The molecule has 0 aromatic heterocycles. The van der Waals surface area contributed by atoms with E-state index in [1.54, 1.807) is 6.92 Å². The van der Waals surface area contributed by atoms with Crippen LogP contribution in [0.3, 0.4) is 0 Å². The lowest BCUT2D eigenvalue weighted by atomic mass is 9.86. The van der Waals surface area contributed by atoms with Gasteiger partial charge in [-0.05, 0) is 34.1 Å². The lowest BCUT2D eigenvalue weighted by molar-refractivity contribution is -0.320. The summed E-state index contributed by atoms with van der Waals surface area (Å²) >= 11 is 0. The highest BCUT2D eigenvalue weighted by atomic mass is 19.4. The van der Waals surface area contributed by atoms with Crippen LogP contribution in [-0.4, -0.2) is 35.9 Å². The molecule has 0 amide bonds. The summed E-state index contributed by atoms with van der Waals surface area (Å²) in [5.41, 5.74) is -7.43. The van der Waals surface area contributed by atoms with Crippen LogP contribution in [0.4, 0.5) is 22.0 Å². The van der Waals surface area contributed by atoms with Crippen molar-refractivity contribution in [2.75, 3.05) is 6.61 Å². The Labute approximate surface area is 119 Å². The number of hydrogen-bond acceptors (Lipinski definition) is 3. The highest BCUT2D eigenvalue weighted by molar-refractivity contribution is 5.76. The summed E-state index contributed by atoms with van der Waals surface area (Å²) in [6, 6.07) is 0. The molecule has 1 heterocycles. The second-order valence-corrected chi connectivity index (χ2v) is 6.25. The average Bonchev–Trinajstić information content (AvgIpc) is 2.50. The summed E-state index contributed by atoms with van der Waals surface area (Å²) in [6.45, 7) is 4.57. The van der Waals surface area contributed by atoms with Crippen molar-refractivity contribution in [3.8, 4) is 0 Å². The van der Waals surface area contributed by atoms with E-state index in [-0.39, 0.29) is 6.92 Å². The molecule has 0 saturated carbocycles. The minimum atomic E-state index is -5.29.